The lowest BCUT2D eigenvalue weighted by atomic mass is 10.0. The third-order valence-corrected chi connectivity index (χ3v) is 12.1. The molecule has 28 heteroatoms. The number of nitrogens with two attached hydrogens (primary N) is 1. The number of carbonyl (C=O) groups excluding carboxylic acids is 7. The van der Waals surface area contributed by atoms with E-state index in [1.165, 1.54) is 17.3 Å². The van der Waals surface area contributed by atoms with Gasteiger partial charge in [-0.1, -0.05) is 41.9 Å². The number of urea groups is 2. The molecule has 1 aliphatic heterocycles. The molecule has 81 heavy (non-hydrogen) atoms. The van der Waals surface area contributed by atoms with Crippen LogP contribution in [-0.2, 0) is 59.0 Å². The van der Waals surface area contributed by atoms with Crippen LogP contribution in [0.2, 0.25) is 0 Å². The summed E-state index contributed by atoms with van der Waals surface area (Å²) in [6.07, 6.45) is 1.60. The molecular weight excluding hydrogens is 1130 g/mol. The summed E-state index contributed by atoms with van der Waals surface area (Å²) < 4.78 is 45.3. The van der Waals surface area contributed by atoms with Crippen molar-refractivity contribution in [2.45, 2.75) is 98.1 Å². The first-order valence-electron chi connectivity index (χ1n) is 26.4. The van der Waals surface area contributed by atoms with Crippen LogP contribution in [0.25, 0.3) is 0 Å². The zero-order valence-corrected chi connectivity index (χ0v) is 48.6. The van der Waals surface area contributed by atoms with E-state index in [1.807, 2.05) is 6.92 Å². The molecule has 1 aliphatic rings. The Morgan fingerprint density at radius 1 is 0.827 bits per heavy atom. The van der Waals surface area contributed by atoms with Gasteiger partial charge in [-0.25, -0.2) is 24.2 Å². The van der Waals surface area contributed by atoms with Crippen LogP contribution in [0.5, 0.6) is 5.75 Å². The zero-order chi connectivity index (χ0) is 59.2. The Bertz CT molecular complexity index is 2470. The Kier molecular flexibility index (Phi) is 29.3. The van der Waals surface area contributed by atoms with E-state index < -0.39 is 65.8 Å². The van der Waals surface area contributed by atoms with Crippen molar-refractivity contribution < 1.29 is 76.3 Å². The molecule has 1 aromatic heterocycles. The Balaban J connectivity index is 1.16. The van der Waals surface area contributed by atoms with Gasteiger partial charge in [0, 0.05) is 29.7 Å². The highest BCUT2D eigenvalue weighted by molar-refractivity contribution is 9.10. The number of primary amides is 1. The molecule has 0 unspecified atom stereocenters. The molecule has 0 saturated carbocycles. The maximum atomic E-state index is 13.7. The van der Waals surface area contributed by atoms with Crippen LogP contribution >= 0.6 is 15.9 Å². The third kappa shape index (κ3) is 27.4. The molecule has 0 aliphatic carbocycles. The highest BCUT2D eigenvalue weighted by Crippen LogP contribution is 2.32. The van der Waals surface area contributed by atoms with E-state index in [0.717, 1.165) is 10.0 Å². The van der Waals surface area contributed by atoms with Crippen molar-refractivity contribution in [1.29, 1.82) is 0 Å². The van der Waals surface area contributed by atoms with Crippen molar-refractivity contribution in [3.63, 3.8) is 0 Å². The summed E-state index contributed by atoms with van der Waals surface area (Å²) >= 11 is 3.50. The van der Waals surface area contributed by atoms with Crippen LogP contribution in [0.1, 0.15) is 70.7 Å². The largest absolute Gasteiger partial charge is 0.489 e. The van der Waals surface area contributed by atoms with Gasteiger partial charge in [0.2, 0.25) is 17.7 Å². The second kappa shape index (κ2) is 35.7. The van der Waals surface area contributed by atoms with Crippen molar-refractivity contribution >= 4 is 75.1 Å². The molecule has 0 bridgehead atoms. The number of amides is 9. The Hall–Kier alpha value is -6.95. The molecule has 3 aromatic rings. The molecule has 0 spiro atoms. The molecular formula is C53H78BrN11O16. The quantitative estimate of drug-likeness (QED) is 0.0299. The van der Waals surface area contributed by atoms with E-state index in [0.29, 0.717) is 54.8 Å². The molecule has 27 nitrogen and oxygen atoms in total. The minimum Gasteiger partial charge on any atom is -0.489 e. The van der Waals surface area contributed by atoms with E-state index in [9.17, 15) is 33.6 Å². The summed E-state index contributed by atoms with van der Waals surface area (Å²) in [6.45, 7) is 15.5. The second-order valence-electron chi connectivity index (χ2n) is 19.6. The predicted octanol–water partition coefficient (Wildman–Crippen LogP) is 4.84. The number of carbonyl (C=O) groups is 7. The average molecular weight is 1210 g/mol. The van der Waals surface area contributed by atoms with Crippen LogP contribution in [-0.4, -0.2) is 173 Å². The summed E-state index contributed by atoms with van der Waals surface area (Å²) in [7, 11) is 0. The molecule has 448 valence electrons. The molecule has 9 amide bonds. The van der Waals surface area contributed by atoms with Crippen LogP contribution in [0.3, 0.4) is 0 Å². The number of ether oxygens (including phenoxy) is 8. The van der Waals surface area contributed by atoms with E-state index in [4.69, 9.17) is 48.5 Å². The van der Waals surface area contributed by atoms with E-state index in [2.05, 4.69) is 63.3 Å². The first-order chi connectivity index (χ1) is 38.6. The van der Waals surface area contributed by atoms with Gasteiger partial charge in [0.05, 0.1) is 96.4 Å². The highest BCUT2D eigenvalue weighted by atomic mass is 79.9. The molecule has 1 saturated heterocycles. The van der Waals surface area contributed by atoms with Gasteiger partial charge in [-0.2, -0.15) is 5.48 Å². The average Bonchev–Trinajstić information content (AvgIpc) is 3.41. The fraction of sp³-hybridized carbons (Fsp3) is 0.566. The SMILES string of the molecule is Cc1cnc(NC(=O)Nc2cc(Br)c(C)cc2OC[C@@H]2CN(C(=O)OCc3ccc(NC(=O)[C@H](CCCNC(N)=O)NC(=O)[C@@H](NC(=O)CCOCCOCCOCCOCCONC(=O)OC(C)(C)C)C(C)C)cc3)CCO2)cn1. The second-order valence-corrected chi connectivity index (χ2v) is 20.5. The monoisotopic (exact) mass is 1200 g/mol. The van der Waals surface area contributed by atoms with Crippen LogP contribution in [0.15, 0.2) is 53.3 Å². The maximum absolute atomic E-state index is 13.7. The van der Waals surface area contributed by atoms with Gasteiger partial charge in [0.15, 0.2) is 5.82 Å². The van der Waals surface area contributed by atoms with Crippen molar-refractivity contribution in [1.82, 2.24) is 36.3 Å². The summed E-state index contributed by atoms with van der Waals surface area (Å²) in [6, 6.07) is 6.75. The van der Waals surface area contributed by atoms with Crippen LogP contribution in [0, 0.1) is 19.8 Å². The minimum atomic E-state index is -1.07. The van der Waals surface area contributed by atoms with Crippen molar-refractivity contribution in [3.8, 4) is 5.75 Å². The van der Waals surface area contributed by atoms with Gasteiger partial charge in [0.25, 0.3) is 0 Å². The summed E-state index contributed by atoms with van der Waals surface area (Å²) in [4.78, 5) is 104. The standard InChI is InChI=1S/C53H78BrN11O16/c1-34(2)46(63-45(66)14-17-73-19-20-74-21-22-75-23-24-76-25-26-80-64-51(71)81-53(5,6)7)48(68)60-41(9-8-15-56-49(55)69)47(67)59-38-12-10-37(11-13-38)32-79-52(72)65-16-18-77-39(31-65)33-78-43-27-35(3)40(54)28-42(43)61-50(70)62-44-30-57-36(4)29-58-44/h10-13,27-30,34,39,41,46H,8-9,14-26,31-33H2,1-7H3,(H,59,67)(H,60,68)(H,63,66)(H,64,71)(H3,55,56,69)(H2,58,61,62,70)/t39-,41-,46-/m0/s1. The van der Waals surface area contributed by atoms with Crippen molar-refractivity contribution in [3.05, 3.63) is 70.1 Å². The topological polar surface area (TPSA) is 342 Å². The van der Waals surface area contributed by atoms with Gasteiger partial charge in [0.1, 0.15) is 42.8 Å². The summed E-state index contributed by atoms with van der Waals surface area (Å²) in [5, 5.41) is 16.2. The number of hydrogen-bond acceptors (Lipinski definition) is 18. The Morgan fingerprint density at radius 2 is 1.49 bits per heavy atom. The number of hydrogen-bond donors (Lipinski definition) is 8. The summed E-state index contributed by atoms with van der Waals surface area (Å²) in [5.41, 5.74) is 9.75. The van der Waals surface area contributed by atoms with Crippen LogP contribution < -0.4 is 47.9 Å². The molecule has 1 fully saturated rings. The minimum absolute atomic E-state index is 0.0343. The highest BCUT2D eigenvalue weighted by Gasteiger charge is 2.30. The van der Waals surface area contributed by atoms with Gasteiger partial charge < -0.3 is 75.1 Å². The number of benzene rings is 2. The number of aromatic nitrogens is 2. The fourth-order valence-electron chi connectivity index (χ4n) is 7.18. The molecule has 3 atom stereocenters. The zero-order valence-electron chi connectivity index (χ0n) is 47.0. The van der Waals surface area contributed by atoms with E-state index in [1.54, 1.807) is 77.9 Å². The summed E-state index contributed by atoms with van der Waals surface area (Å²) in [5.74, 6) is -1.26. The number of morpholine rings is 1. The van der Waals surface area contributed by atoms with Gasteiger partial charge in [-0.3, -0.25) is 29.5 Å². The number of halogens is 1. The number of nitrogens with zero attached hydrogens (tertiary/aromatic N) is 3. The number of rotatable bonds is 33. The number of hydroxylamine groups is 1. The Morgan fingerprint density at radius 3 is 2.12 bits per heavy atom. The van der Waals surface area contributed by atoms with Crippen molar-refractivity contribution in [2.24, 2.45) is 11.7 Å². The smallest absolute Gasteiger partial charge is 0.431 e. The van der Waals surface area contributed by atoms with Gasteiger partial charge in [-0.15, -0.1) is 0 Å². The van der Waals surface area contributed by atoms with E-state index in [-0.39, 0.29) is 103 Å². The molecule has 0 radical (unpaired) electrons. The van der Waals surface area contributed by atoms with E-state index >= 15 is 0 Å². The maximum Gasteiger partial charge on any atom is 0.431 e. The third-order valence-electron chi connectivity index (χ3n) is 11.3. The van der Waals surface area contributed by atoms with Crippen molar-refractivity contribution in [2.75, 3.05) is 108 Å². The van der Waals surface area contributed by atoms with Gasteiger partial charge >= 0.3 is 24.2 Å². The molecule has 4 rings (SSSR count). The van der Waals surface area contributed by atoms with Gasteiger partial charge in [-0.05, 0) is 88.8 Å². The number of aryl methyl sites for hydroxylation is 2. The lowest BCUT2D eigenvalue weighted by Gasteiger charge is -2.32. The lowest BCUT2D eigenvalue weighted by molar-refractivity contribution is -0.132. The lowest BCUT2D eigenvalue weighted by Crippen LogP contribution is -2.54. The number of nitrogens with one attached hydrogen (secondary N) is 7. The first-order valence-corrected chi connectivity index (χ1v) is 27.2. The fourth-order valence-corrected chi connectivity index (χ4v) is 7.53. The first kappa shape index (κ1) is 66.6. The predicted molar refractivity (Wildman–Crippen MR) is 299 cm³/mol. The molecule has 2 heterocycles. The molecule has 9 N–H and O–H groups in total. The molecule has 2 aromatic carbocycles. The number of anilines is 3. The Labute approximate surface area is 479 Å². The van der Waals surface area contributed by atoms with Crippen LogP contribution in [0.4, 0.5) is 36.4 Å². The normalized spacial score (nSPS) is 14.0.